The van der Waals surface area contributed by atoms with E-state index in [4.69, 9.17) is 0 Å². The van der Waals surface area contributed by atoms with E-state index in [0.717, 1.165) is 18.5 Å². The molecule has 17 heavy (non-hydrogen) atoms. The van der Waals surface area contributed by atoms with Crippen molar-refractivity contribution in [3.05, 3.63) is 60.5 Å². The van der Waals surface area contributed by atoms with Gasteiger partial charge in [-0.15, -0.1) is 0 Å². The zero-order valence-electron chi connectivity index (χ0n) is 11.1. The average molecular weight is 228 g/mol. The lowest BCUT2D eigenvalue weighted by Gasteiger charge is -1.99. The monoisotopic (exact) mass is 228 g/mol. The van der Waals surface area contributed by atoms with Crippen molar-refractivity contribution in [1.82, 2.24) is 0 Å². The number of aromatic nitrogens is 1. The van der Waals surface area contributed by atoms with Crippen LogP contribution in [0.5, 0.6) is 0 Å². The van der Waals surface area contributed by atoms with Crippen LogP contribution in [0.3, 0.4) is 0 Å². The fourth-order valence-electron chi connectivity index (χ4n) is 1.61. The van der Waals surface area contributed by atoms with Gasteiger partial charge in [0.2, 0.25) is 5.70 Å². The first-order chi connectivity index (χ1) is 8.09. The molecule has 0 aromatic carbocycles. The molecule has 1 heteroatoms. The summed E-state index contributed by atoms with van der Waals surface area (Å²) in [6.45, 7) is 10.5. The molecule has 1 heterocycles. The molecule has 1 rings (SSSR count). The van der Waals surface area contributed by atoms with E-state index in [9.17, 15) is 0 Å². The van der Waals surface area contributed by atoms with Crippen LogP contribution in [0.25, 0.3) is 5.70 Å². The molecule has 0 unspecified atom stereocenters. The van der Waals surface area contributed by atoms with E-state index in [1.54, 1.807) is 0 Å². The van der Waals surface area contributed by atoms with Gasteiger partial charge in [-0.2, -0.15) is 4.57 Å². The number of pyridine rings is 1. The van der Waals surface area contributed by atoms with Crippen molar-refractivity contribution in [2.75, 3.05) is 0 Å². The van der Waals surface area contributed by atoms with Crippen molar-refractivity contribution in [3.63, 3.8) is 0 Å². The Bertz CT molecular complexity index is 420. The van der Waals surface area contributed by atoms with Gasteiger partial charge in [-0.25, -0.2) is 0 Å². The van der Waals surface area contributed by atoms with E-state index in [-0.39, 0.29) is 0 Å². The molecule has 0 atom stereocenters. The van der Waals surface area contributed by atoms with Crippen molar-refractivity contribution in [2.24, 2.45) is 0 Å². The SMILES string of the molecule is C=C(/C=C(\C)CCC=C(C)C)[n+]1ccccc1. The fraction of sp³-hybridized carbons (Fsp3) is 0.312. The third-order valence-corrected chi connectivity index (χ3v) is 2.55. The molecule has 0 N–H and O–H groups in total. The van der Waals surface area contributed by atoms with Gasteiger partial charge < -0.3 is 0 Å². The molecule has 0 aliphatic rings. The quantitative estimate of drug-likeness (QED) is 0.405. The summed E-state index contributed by atoms with van der Waals surface area (Å²) in [6.07, 6.45) is 10.7. The minimum absolute atomic E-state index is 1.01. The van der Waals surface area contributed by atoms with E-state index in [1.807, 2.05) is 35.2 Å². The Kier molecular flexibility index (Phi) is 5.41. The highest BCUT2D eigenvalue weighted by Gasteiger charge is 2.02. The molecule has 90 valence electrons. The van der Waals surface area contributed by atoms with Crippen LogP contribution in [0.4, 0.5) is 0 Å². The first kappa shape index (κ1) is 13.4. The minimum atomic E-state index is 1.01. The van der Waals surface area contributed by atoms with Crippen LogP contribution in [0, 0.1) is 0 Å². The van der Waals surface area contributed by atoms with Gasteiger partial charge in [0.15, 0.2) is 12.4 Å². The maximum absolute atomic E-state index is 4.08. The van der Waals surface area contributed by atoms with Crippen molar-refractivity contribution in [1.29, 1.82) is 0 Å². The highest BCUT2D eigenvalue weighted by molar-refractivity contribution is 5.45. The topological polar surface area (TPSA) is 3.88 Å². The fourth-order valence-corrected chi connectivity index (χ4v) is 1.61. The summed E-state index contributed by atoms with van der Waals surface area (Å²) < 4.78 is 2.03. The van der Waals surface area contributed by atoms with E-state index < -0.39 is 0 Å². The largest absolute Gasteiger partial charge is 0.203 e. The molecule has 1 aromatic heterocycles. The molecule has 0 amide bonds. The summed E-state index contributed by atoms with van der Waals surface area (Å²) in [5.74, 6) is 0. The van der Waals surface area contributed by atoms with E-state index >= 15 is 0 Å². The third-order valence-electron chi connectivity index (χ3n) is 2.55. The molecule has 0 aliphatic heterocycles. The Labute approximate surface area is 105 Å². The van der Waals surface area contributed by atoms with Gasteiger partial charge in [0.1, 0.15) is 0 Å². The number of hydrogen-bond donors (Lipinski definition) is 0. The molecule has 0 saturated carbocycles. The van der Waals surface area contributed by atoms with Crippen LogP contribution in [0.2, 0.25) is 0 Å². The summed E-state index contributed by atoms with van der Waals surface area (Å²) in [5, 5.41) is 0. The molecule has 0 fully saturated rings. The van der Waals surface area contributed by atoms with Gasteiger partial charge in [0.25, 0.3) is 0 Å². The predicted octanol–water partition coefficient (Wildman–Crippen LogP) is 4.14. The molecular weight excluding hydrogens is 206 g/mol. The highest BCUT2D eigenvalue weighted by Crippen LogP contribution is 2.09. The summed E-state index contributed by atoms with van der Waals surface area (Å²) in [4.78, 5) is 0. The Morgan fingerprint density at radius 1 is 1.12 bits per heavy atom. The Balaban J connectivity index is 2.57. The second-order valence-electron chi connectivity index (χ2n) is 4.58. The van der Waals surface area contributed by atoms with Gasteiger partial charge in [0.05, 0.1) is 0 Å². The maximum Gasteiger partial charge on any atom is 0.203 e. The first-order valence-electron chi connectivity index (χ1n) is 6.05. The van der Waals surface area contributed by atoms with Crippen LogP contribution in [0.15, 0.2) is 60.5 Å². The number of allylic oxidation sites excluding steroid dienone is 5. The first-order valence-corrected chi connectivity index (χ1v) is 6.05. The molecule has 0 bridgehead atoms. The van der Waals surface area contributed by atoms with Gasteiger partial charge in [-0.1, -0.05) is 23.3 Å². The van der Waals surface area contributed by atoms with Crippen molar-refractivity contribution < 1.29 is 4.57 Å². The van der Waals surface area contributed by atoms with Crippen molar-refractivity contribution in [2.45, 2.75) is 33.6 Å². The maximum atomic E-state index is 4.08. The van der Waals surface area contributed by atoms with E-state index in [2.05, 4.69) is 39.5 Å². The molecule has 0 aliphatic carbocycles. The molecule has 0 spiro atoms. The van der Waals surface area contributed by atoms with Crippen LogP contribution in [0.1, 0.15) is 33.6 Å². The van der Waals surface area contributed by atoms with Gasteiger partial charge in [-0.3, -0.25) is 0 Å². The highest BCUT2D eigenvalue weighted by atomic mass is 14.9. The molecule has 0 saturated heterocycles. The smallest absolute Gasteiger partial charge is 0.168 e. The standard InChI is InChI=1S/C16H22N/c1-14(2)9-8-10-15(3)13-16(4)17-11-6-5-7-12-17/h5-7,9,11-13H,4,8,10H2,1-3H3/q+1/b15-13+. The van der Waals surface area contributed by atoms with Crippen LogP contribution in [-0.4, -0.2) is 0 Å². The van der Waals surface area contributed by atoms with Gasteiger partial charge in [0, 0.05) is 18.2 Å². The summed E-state index contributed by atoms with van der Waals surface area (Å²) in [5.41, 5.74) is 3.76. The van der Waals surface area contributed by atoms with Gasteiger partial charge in [-0.05, 0) is 40.2 Å². The predicted molar refractivity (Wildman–Crippen MR) is 74.4 cm³/mol. The zero-order chi connectivity index (χ0) is 12.7. The van der Waals surface area contributed by atoms with Crippen LogP contribution >= 0.6 is 0 Å². The molecular formula is C16H22N+. The van der Waals surface area contributed by atoms with Crippen molar-refractivity contribution >= 4 is 5.70 Å². The normalized spacial score (nSPS) is 11.1. The molecule has 1 aromatic rings. The second kappa shape index (κ2) is 6.85. The molecule has 0 radical (unpaired) electrons. The number of hydrogen-bond acceptors (Lipinski definition) is 0. The third kappa shape index (κ3) is 5.30. The number of rotatable bonds is 5. The summed E-state index contributed by atoms with van der Waals surface area (Å²) >= 11 is 0. The van der Waals surface area contributed by atoms with Gasteiger partial charge >= 0.3 is 0 Å². The van der Waals surface area contributed by atoms with Crippen molar-refractivity contribution in [3.8, 4) is 0 Å². The zero-order valence-corrected chi connectivity index (χ0v) is 11.1. The average Bonchev–Trinajstić information content (AvgIpc) is 2.29. The lowest BCUT2D eigenvalue weighted by atomic mass is 10.1. The second-order valence-corrected chi connectivity index (χ2v) is 4.58. The molecule has 1 nitrogen and oxygen atoms in total. The Morgan fingerprint density at radius 3 is 2.35 bits per heavy atom. The van der Waals surface area contributed by atoms with E-state index in [0.29, 0.717) is 0 Å². The van der Waals surface area contributed by atoms with E-state index in [1.165, 1.54) is 11.1 Å². The lowest BCUT2D eigenvalue weighted by molar-refractivity contribution is -0.578. The lowest BCUT2D eigenvalue weighted by Crippen LogP contribution is -2.29. The minimum Gasteiger partial charge on any atom is -0.168 e. The summed E-state index contributed by atoms with van der Waals surface area (Å²) in [7, 11) is 0. The Hall–Kier alpha value is -1.63. The van der Waals surface area contributed by atoms with Crippen LogP contribution < -0.4 is 4.57 Å². The number of nitrogens with zero attached hydrogens (tertiary/aromatic N) is 1. The Morgan fingerprint density at radius 2 is 1.76 bits per heavy atom. The summed E-state index contributed by atoms with van der Waals surface area (Å²) in [6, 6.07) is 6.03. The van der Waals surface area contributed by atoms with Crippen LogP contribution in [-0.2, 0) is 0 Å².